The van der Waals surface area contributed by atoms with E-state index in [0.717, 1.165) is 5.56 Å². The van der Waals surface area contributed by atoms with E-state index in [-0.39, 0.29) is 36.5 Å². The van der Waals surface area contributed by atoms with Crippen LogP contribution in [0.4, 0.5) is 0 Å². The van der Waals surface area contributed by atoms with Crippen molar-refractivity contribution in [3.8, 4) is 0 Å². The van der Waals surface area contributed by atoms with Crippen molar-refractivity contribution in [1.82, 2.24) is 15.1 Å². The topological polar surface area (TPSA) is 69.7 Å². The van der Waals surface area contributed by atoms with Crippen LogP contribution in [-0.2, 0) is 20.9 Å². The fourth-order valence-corrected chi connectivity index (χ4v) is 2.61. The minimum absolute atomic E-state index is 0.0104. The Hall–Kier alpha value is -2.37. The van der Waals surface area contributed by atoms with Gasteiger partial charge in [0, 0.05) is 46.6 Å². The van der Waals surface area contributed by atoms with Crippen LogP contribution in [0.3, 0.4) is 0 Å². The first kappa shape index (κ1) is 17.0. The van der Waals surface area contributed by atoms with Crippen LogP contribution in [0.2, 0.25) is 0 Å². The molecule has 0 aromatic heterocycles. The molecule has 0 radical (unpaired) electrons. The van der Waals surface area contributed by atoms with E-state index in [9.17, 15) is 14.4 Å². The van der Waals surface area contributed by atoms with Crippen LogP contribution in [0.15, 0.2) is 30.3 Å². The molecule has 0 saturated carbocycles. The van der Waals surface area contributed by atoms with E-state index in [1.165, 1.54) is 0 Å². The van der Waals surface area contributed by atoms with Crippen molar-refractivity contribution < 1.29 is 14.4 Å². The van der Waals surface area contributed by atoms with Crippen LogP contribution in [0, 0.1) is 5.92 Å². The van der Waals surface area contributed by atoms with Gasteiger partial charge in [-0.25, -0.2) is 0 Å². The van der Waals surface area contributed by atoms with Crippen molar-refractivity contribution in [1.29, 1.82) is 0 Å². The Morgan fingerprint density at radius 3 is 2.61 bits per heavy atom. The Balaban J connectivity index is 1.70. The highest BCUT2D eigenvalue weighted by molar-refractivity contribution is 5.89. The van der Waals surface area contributed by atoms with Crippen molar-refractivity contribution in [3.63, 3.8) is 0 Å². The van der Waals surface area contributed by atoms with Gasteiger partial charge in [-0.2, -0.15) is 0 Å². The van der Waals surface area contributed by atoms with Crippen molar-refractivity contribution in [3.05, 3.63) is 35.9 Å². The molecule has 3 amide bonds. The molecule has 1 aromatic carbocycles. The molecule has 1 N–H and O–H groups in total. The molecule has 1 aliphatic rings. The van der Waals surface area contributed by atoms with Crippen LogP contribution in [0.5, 0.6) is 0 Å². The zero-order valence-electron chi connectivity index (χ0n) is 13.6. The van der Waals surface area contributed by atoms with Crippen LogP contribution >= 0.6 is 0 Å². The molecule has 2 rings (SSSR count). The number of amides is 3. The van der Waals surface area contributed by atoms with Crippen LogP contribution in [-0.4, -0.2) is 54.7 Å². The average Bonchev–Trinajstić information content (AvgIpc) is 2.87. The van der Waals surface area contributed by atoms with Gasteiger partial charge < -0.3 is 15.1 Å². The fraction of sp³-hybridized carbons (Fsp3) is 0.471. The Bertz CT molecular complexity index is 574. The zero-order chi connectivity index (χ0) is 16.8. The molecule has 0 spiro atoms. The van der Waals surface area contributed by atoms with E-state index in [1.54, 1.807) is 23.9 Å². The summed E-state index contributed by atoms with van der Waals surface area (Å²) in [7, 11) is 3.44. The Labute approximate surface area is 136 Å². The number of hydrogen-bond acceptors (Lipinski definition) is 3. The summed E-state index contributed by atoms with van der Waals surface area (Å²) < 4.78 is 0. The van der Waals surface area contributed by atoms with Gasteiger partial charge in [0.2, 0.25) is 17.7 Å². The lowest BCUT2D eigenvalue weighted by molar-refractivity contribution is -0.131. The molecular formula is C17H23N3O3. The molecule has 23 heavy (non-hydrogen) atoms. The lowest BCUT2D eigenvalue weighted by atomic mass is 10.1. The Morgan fingerprint density at radius 2 is 2.00 bits per heavy atom. The molecule has 1 saturated heterocycles. The first-order valence-electron chi connectivity index (χ1n) is 7.77. The van der Waals surface area contributed by atoms with Crippen molar-refractivity contribution in [2.75, 3.05) is 27.2 Å². The maximum Gasteiger partial charge on any atom is 0.225 e. The maximum atomic E-state index is 12.1. The minimum atomic E-state index is -0.301. The highest BCUT2D eigenvalue weighted by Crippen LogP contribution is 2.15. The van der Waals surface area contributed by atoms with E-state index in [0.29, 0.717) is 19.6 Å². The molecular weight excluding hydrogens is 294 g/mol. The summed E-state index contributed by atoms with van der Waals surface area (Å²) in [5.41, 5.74) is 1.07. The van der Waals surface area contributed by atoms with Gasteiger partial charge in [-0.3, -0.25) is 14.4 Å². The van der Waals surface area contributed by atoms with Crippen molar-refractivity contribution in [2.24, 2.45) is 5.92 Å². The zero-order valence-corrected chi connectivity index (χ0v) is 13.6. The van der Waals surface area contributed by atoms with E-state index >= 15 is 0 Å². The highest BCUT2D eigenvalue weighted by atomic mass is 16.2. The van der Waals surface area contributed by atoms with Crippen molar-refractivity contribution in [2.45, 2.75) is 19.4 Å². The number of likely N-dealkylation sites (tertiary alicyclic amines) is 1. The monoisotopic (exact) mass is 317 g/mol. The van der Waals surface area contributed by atoms with E-state index in [1.807, 2.05) is 30.3 Å². The number of rotatable bonds is 6. The van der Waals surface area contributed by atoms with Gasteiger partial charge in [0.05, 0.1) is 5.92 Å². The Morgan fingerprint density at radius 1 is 1.30 bits per heavy atom. The van der Waals surface area contributed by atoms with Gasteiger partial charge in [-0.1, -0.05) is 30.3 Å². The van der Waals surface area contributed by atoms with Gasteiger partial charge in [-0.05, 0) is 5.56 Å². The second-order valence-corrected chi connectivity index (χ2v) is 5.95. The largest absolute Gasteiger partial charge is 0.355 e. The van der Waals surface area contributed by atoms with Crippen LogP contribution in [0.1, 0.15) is 18.4 Å². The molecule has 6 nitrogen and oxygen atoms in total. The molecule has 1 aromatic rings. The van der Waals surface area contributed by atoms with Gasteiger partial charge in [-0.15, -0.1) is 0 Å². The van der Waals surface area contributed by atoms with Gasteiger partial charge in [0.25, 0.3) is 0 Å². The third-order valence-electron chi connectivity index (χ3n) is 4.04. The summed E-state index contributed by atoms with van der Waals surface area (Å²) in [6.07, 6.45) is 0.510. The number of hydrogen-bond donors (Lipinski definition) is 1. The van der Waals surface area contributed by atoms with Crippen LogP contribution < -0.4 is 5.32 Å². The minimum Gasteiger partial charge on any atom is -0.355 e. The lowest BCUT2D eigenvalue weighted by Gasteiger charge is -2.18. The second kappa shape index (κ2) is 7.76. The SMILES string of the molecule is CN(Cc1ccccc1)C(=O)CCNC(=O)[C@@H]1CC(=O)N(C)C1. The third kappa shape index (κ3) is 4.81. The van der Waals surface area contributed by atoms with E-state index in [4.69, 9.17) is 0 Å². The number of carbonyl (C=O) groups excluding carboxylic acids is 3. The summed E-state index contributed by atoms with van der Waals surface area (Å²) in [4.78, 5) is 38.7. The fourth-order valence-electron chi connectivity index (χ4n) is 2.61. The molecule has 1 atom stereocenters. The molecule has 1 aliphatic heterocycles. The molecule has 0 bridgehead atoms. The molecule has 0 aliphatic carbocycles. The summed E-state index contributed by atoms with van der Waals surface area (Å²) in [5.74, 6) is -0.483. The summed E-state index contributed by atoms with van der Waals surface area (Å²) in [6, 6.07) is 9.76. The summed E-state index contributed by atoms with van der Waals surface area (Å²) in [5, 5.41) is 2.75. The second-order valence-electron chi connectivity index (χ2n) is 5.95. The molecule has 1 heterocycles. The normalized spacial score (nSPS) is 17.2. The van der Waals surface area contributed by atoms with Gasteiger partial charge in [0.1, 0.15) is 0 Å². The van der Waals surface area contributed by atoms with Gasteiger partial charge in [0.15, 0.2) is 0 Å². The smallest absolute Gasteiger partial charge is 0.225 e. The third-order valence-corrected chi connectivity index (χ3v) is 4.04. The number of nitrogens with zero attached hydrogens (tertiary/aromatic N) is 2. The summed E-state index contributed by atoms with van der Waals surface area (Å²) >= 11 is 0. The number of benzene rings is 1. The predicted molar refractivity (Wildman–Crippen MR) is 86.3 cm³/mol. The predicted octanol–water partition coefficient (Wildman–Crippen LogP) is 0.630. The Kier molecular flexibility index (Phi) is 5.73. The first-order valence-corrected chi connectivity index (χ1v) is 7.77. The lowest BCUT2D eigenvalue weighted by Crippen LogP contribution is -2.35. The van der Waals surface area contributed by atoms with Crippen LogP contribution in [0.25, 0.3) is 0 Å². The summed E-state index contributed by atoms with van der Waals surface area (Å²) in [6.45, 7) is 1.30. The average molecular weight is 317 g/mol. The quantitative estimate of drug-likeness (QED) is 0.836. The standard InChI is InChI=1S/C17H23N3O3/c1-19(11-13-6-4-3-5-7-13)15(21)8-9-18-17(23)14-10-16(22)20(2)12-14/h3-7,14H,8-12H2,1-2H3,(H,18,23)/t14-/m1/s1. The number of nitrogens with one attached hydrogen (secondary N) is 1. The molecule has 124 valence electrons. The van der Waals surface area contributed by atoms with E-state index in [2.05, 4.69) is 5.32 Å². The maximum absolute atomic E-state index is 12.1. The molecule has 0 unspecified atom stereocenters. The number of carbonyl (C=O) groups is 3. The molecule has 6 heteroatoms. The van der Waals surface area contributed by atoms with Crippen molar-refractivity contribution >= 4 is 17.7 Å². The van der Waals surface area contributed by atoms with Gasteiger partial charge >= 0.3 is 0 Å². The first-order chi connectivity index (χ1) is 11.0. The molecule has 1 fully saturated rings. The highest BCUT2D eigenvalue weighted by Gasteiger charge is 2.31. The van der Waals surface area contributed by atoms with E-state index < -0.39 is 0 Å².